The van der Waals surface area contributed by atoms with Crippen molar-refractivity contribution in [1.29, 1.82) is 0 Å². The van der Waals surface area contributed by atoms with Crippen molar-refractivity contribution >= 4 is 5.91 Å². The number of hydrogen-bond donors (Lipinski definition) is 1. The zero-order valence-electron chi connectivity index (χ0n) is 16.8. The Morgan fingerprint density at radius 2 is 2.00 bits per heavy atom. The van der Waals surface area contributed by atoms with E-state index in [-0.39, 0.29) is 5.91 Å². The van der Waals surface area contributed by atoms with Gasteiger partial charge in [0.15, 0.2) is 0 Å². The predicted molar refractivity (Wildman–Crippen MR) is 111 cm³/mol. The molecule has 8 heteroatoms. The van der Waals surface area contributed by atoms with Gasteiger partial charge in [0.1, 0.15) is 11.7 Å². The average Bonchev–Trinajstić information content (AvgIpc) is 3.43. The van der Waals surface area contributed by atoms with Crippen LogP contribution in [0.2, 0.25) is 0 Å². The first-order valence-electron chi connectivity index (χ1n) is 9.77. The van der Waals surface area contributed by atoms with E-state index in [9.17, 15) is 4.79 Å². The van der Waals surface area contributed by atoms with Crippen molar-refractivity contribution in [3.63, 3.8) is 0 Å². The van der Waals surface area contributed by atoms with Crippen molar-refractivity contribution in [3.05, 3.63) is 83.8 Å². The summed E-state index contributed by atoms with van der Waals surface area (Å²) >= 11 is 0. The minimum absolute atomic E-state index is 0.241. The molecule has 0 aliphatic rings. The van der Waals surface area contributed by atoms with Gasteiger partial charge in [-0.2, -0.15) is 10.1 Å². The number of aromatic nitrogens is 5. The van der Waals surface area contributed by atoms with Gasteiger partial charge in [-0.3, -0.25) is 14.5 Å². The third-order valence-corrected chi connectivity index (χ3v) is 4.73. The number of hydrogen-bond acceptors (Lipinski definition) is 6. The van der Waals surface area contributed by atoms with Gasteiger partial charge in [0.05, 0.1) is 6.54 Å². The van der Waals surface area contributed by atoms with E-state index in [1.165, 1.54) is 0 Å². The molecule has 0 fully saturated rings. The van der Waals surface area contributed by atoms with E-state index in [1.54, 1.807) is 23.1 Å². The normalized spacial score (nSPS) is 11.9. The first kappa shape index (κ1) is 19.5. The van der Waals surface area contributed by atoms with E-state index in [1.807, 2.05) is 56.3 Å². The summed E-state index contributed by atoms with van der Waals surface area (Å²) in [4.78, 5) is 21.6. The monoisotopic (exact) mass is 402 g/mol. The largest absolute Gasteiger partial charge is 0.339 e. The van der Waals surface area contributed by atoms with Crippen LogP contribution in [0.25, 0.3) is 11.4 Å². The molecule has 0 saturated heterocycles. The van der Waals surface area contributed by atoms with E-state index < -0.39 is 6.04 Å². The fourth-order valence-corrected chi connectivity index (χ4v) is 3.16. The molecule has 30 heavy (non-hydrogen) atoms. The Labute approximate surface area is 174 Å². The van der Waals surface area contributed by atoms with Crippen LogP contribution in [0.3, 0.4) is 0 Å². The number of amides is 1. The maximum atomic E-state index is 12.9. The fourth-order valence-electron chi connectivity index (χ4n) is 3.16. The lowest BCUT2D eigenvalue weighted by Gasteiger charge is -2.14. The molecule has 3 heterocycles. The highest BCUT2D eigenvalue weighted by atomic mass is 16.5. The molecule has 0 aliphatic carbocycles. The molecule has 8 nitrogen and oxygen atoms in total. The molecule has 3 aromatic heterocycles. The van der Waals surface area contributed by atoms with Crippen LogP contribution in [0.1, 0.15) is 47.0 Å². The number of pyridine rings is 1. The van der Waals surface area contributed by atoms with Gasteiger partial charge in [-0.1, -0.05) is 42.4 Å². The first-order chi connectivity index (χ1) is 14.6. The number of aryl methyl sites for hydroxylation is 1. The fraction of sp³-hybridized carbons (Fsp3) is 0.227. The van der Waals surface area contributed by atoms with Gasteiger partial charge in [0, 0.05) is 23.7 Å². The number of rotatable bonds is 7. The Morgan fingerprint density at radius 1 is 1.17 bits per heavy atom. The predicted octanol–water partition coefficient (Wildman–Crippen LogP) is 3.57. The molecule has 1 N–H and O–H groups in total. The average molecular weight is 402 g/mol. The summed E-state index contributed by atoms with van der Waals surface area (Å²) in [6, 6.07) is 14.9. The smallest absolute Gasteiger partial charge is 0.270 e. The second-order valence-corrected chi connectivity index (χ2v) is 6.94. The lowest BCUT2D eigenvalue weighted by atomic mass is 10.2. The second kappa shape index (κ2) is 8.69. The van der Waals surface area contributed by atoms with Crippen LogP contribution in [0.4, 0.5) is 0 Å². The van der Waals surface area contributed by atoms with Gasteiger partial charge >= 0.3 is 0 Å². The zero-order valence-corrected chi connectivity index (χ0v) is 16.8. The highest BCUT2D eigenvalue weighted by Gasteiger charge is 2.22. The number of nitrogens with zero attached hydrogens (tertiary/aromatic N) is 5. The van der Waals surface area contributed by atoms with Crippen molar-refractivity contribution in [3.8, 4) is 11.4 Å². The Hall–Kier alpha value is -3.81. The highest BCUT2D eigenvalue weighted by molar-refractivity contribution is 5.92. The third kappa shape index (κ3) is 4.27. The second-order valence-electron chi connectivity index (χ2n) is 6.94. The Morgan fingerprint density at radius 3 is 2.77 bits per heavy atom. The van der Waals surface area contributed by atoms with Gasteiger partial charge in [-0.25, -0.2) is 0 Å². The Kier molecular flexibility index (Phi) is 5.65. The molecule has 0 unspecified atom stereocenters. The number of carbonyl (C=O) groups is 1. The van der Waals surface area contributed by atoms with Crippen molar-refractivity contribution in [2.24, 2.45) is 0 Å². The first-order valence-corrected chi connectivity index (χ1v) is 9.77. The summed E-state index contributed by atoms with van der Waals surface area (Å²) in [5.74, 6) is 0.594. The van der Waals surface area contributed by atoms with Crippen molar-refractivity contribution in [2.75, 3.05) is 0 Å². The van der Waals surface area contributed by atoms with E-state index >= 15 is 0 Å². The van der Waals surface area contributed by atoms with Crippen molar-refractivity contribution in [2.45, 2.75) is 32.9 Å². The maximum absolute atomic E-state index is 12.9. The highest BCUT2D eigenvalue weighted by Crippen LogP contribution is 2.21. The molecule has 1 aromatic carbocycles. The van der Waals surface area contributed by atoms with Crippen molar-refractivity contribution < 1.29 is 9.32 Å². The van der Waals surface area contributed by atoms with Crippen LogP contribution in [0, 0.1) is 6.92 Å². The van der Waals surface area contributed by atoms with Crippen molar-refractivity contribution in [1.82, 2.24) is 30.2 Å². The summed E-state index contributed by atoms with van der Waals surface area (Å²) in [6.07, 6.45) is 3.93. The quantitative estimate of drug-likeness (QED) is 0.507. The standard InChI is InChI=1S/C22H22N6O2/c1-3-18(22-26-20(27-30-22)17-9-11-23-15(2)13-17)25-21(29)19-10-12-24-28(19)14-16-7-5-4-6-8-16/h4-13,18H,3,14H2,1-2H3,(H,25,29)/t18-/m0/s1. The van der Waals surface area contributed by atoms with Gasteiger partial charge in [0.2, 0.25) is 11.7 Å². The summed E-state index contributed by atoms with van der Waals surface area (Å²) in [5, 5.41) is 11.3. The minimum Gasteiger partial charge on any atom is -0.339 e. The summed E-state index contributed by atoms with van der Waals surface area (Å²) < 4.78 is 7.11. The summed E-state index contributed by atoms with van der Waals surface area (Å²) in [7, 11) is 0. The lowest BCUT2D eigenvalue weighted by Crippen LogP contribution is -2.30. The van der Waals surface area contributed by atoms with E-state index in [0.29, 0.717) is 30.4 Å². The van der Waals surface area contributed by atoms with Crippen LogP contribution in [0.15, 0.2) is 65.4 Å². The van der Waals surface area contributed by atoms with E-state index in [2.05, 4.69) is 25.5 Å². The Bertz CT molecular complexity index is 1140. The van der Waals surface area contributed by atoms with Crippen LogP contribution in [-0.2, 0) is 6.54 Å². The lowest BCUT2D eigenvalue weighted by molar-refractivity contribution is 0.0916. The van der Waals surface area contributed by atoms with E-state index in [0.717, 1.165) is 16.8 Å². The summed E-state index contributed by atoms with van der Waals surface area (Å²) in [5.41, 5.74) is 3.23. The Balaban J connectivity index is 1.50. The number of benzene rings is 1. The number of nitrogens with one attached hydrogen (secondary N) is 1. The van der Waals surface area contributed by atoms with Crippen LogP contribution in [-0.4, -0.2) is 30.8 Å². The van der Waals surface area contributed by atoms with Gasteiger partial charge in [0.25, 0.3) is 5.91 Å². The molecular formula is C22H22N6O2. The SMILES string of the molecule is CC[C@H](NC(=O)c1ccnn1Cc1ccccc1)c1nc(-c2ccnc(C)c2)no1. The minimum atomic E-state index is -0.401. The number of carbonyl (C=O) groups excluding carboxylic acids is 1. The molecule has 0 bridgehead atoms. The zero-order chi connectivity index (χ0) is 20.9. The molecule has 0 aliphatic heterocycles. The molecule has 1 amide bonds. The van der Waals surface area contributed by atoms with Crippen LogP contribution >= 0.6 is 0 Å². The molecule has 4 aromatic rings. The molecule has 0 spiro atoms. The van der Waals surface area contributed by atoms with Gasteiger partial charge in [-0.15, -0.1) is 0 Å². The van der Waals surface area contributed by atoms with Gasteiger partial charge < -0.3 is 9.84 Å². The third-order valence-electron chi connectivity index (χ3n) is 4.73. The summed E-state index contributed by atoms with van der Waals surface area (Å²) in [6.45, 7) is 4.37. The van der Waals surface area contributed by atoms with Crippen LogP contribution in [0.5, 0.6) is 0 Å². The van der Waals surface area contributed by atoms with Gasteiger partial charge in [-0.05, 0) is 37.1 Å². The molecular weight excluding hydrogens is 380 g/mol. The molecule has 1 atom stereocenters. The van der Waals surface area contributed by atoms with E-state index in [4.69, 9.17) is 4.52 Å². The molecule has 0 radical (unpaired) electrons. The molecule has 0 saturated carbocycles. The molecule has 4 rings (SSSR count). The maximum Gasteiger partial charge on any atom is 0.270 e. The molecule has 152 valence electrons. The van der Waals surface area contributed by atoms with Crippen LogP contribution < -0.4 is 5.32 Å². The topological polar surface area (TPSA) is 98.7 Å².